The lowest BCUT2D eigenvalue weighted by Crippen LogP contribution is -2.38. The molecule has 2 atom stereocenters. The van der Waals surface area contributed by atoms with Crippen LogP contribution in [0.15, 0.2) is 12.5 Å². The Kier molecular flexibility index (Phi) is 4.50. The summed E-state index contributed by atoms with van der Waals surface area (Å²) in [5.41, 5.74) is 4.00. The van der Waals surface area contributed by atoms with E-state index in [0.717, 1.165) is 38.4 Å². The van der Waals surface area contributed by atoms with Gasteiger partial charge in [0.15, 0.2) is 0 Å². The molecule has 1 aliphatic carbocycles. The van der Waals surface area contributed by atoms with Crippen LogP contribution in [0.4, 0.5) is 11.8 Å². The van der Waals surface area contributed by atoms with E-state index in [9.17, 15) is 0 Å². The molecule has 0 spiro atoms. The molecule has 3 aliphatic rings. The van der Waals surface area contributed by atoms with Gasteiger partial charge in [-0.25, -0.2) is 9.97 Å². The quantitative estimate of drug-likeness (QED) is 0.808. The fourth-order valence-corrected chi connectivity index (χ4v) is 5.28. The summed E-state index contributed by atoms with van der Waals surface area (Å²) < 4.78 is 2.14. The lowest BCUT2D eigenvalue weighted by atomic mass is 9.96. The van der Waals surface area contributed by atoms with Gasteiger partial charge in [0.25, 0.3) is 0 Å². The van der Waals surface area contributed by atoms with E-state index in [4.69, 9.17) is 9.97 Å². The second-order valence-corrected chi connectivity index (χ2v) is 8.75. The molecule has 7 nitrogen and oxygen atoms in total. The first-order valence-corrected chi connectivity index (χ1v) is 10.6. The minimum Gasteiger partial charge on any atom is -0.352 e. The molecular weight excluding hydrogens is 350 g/mol. The van der Waals surface area contributed by atoms with Crippen LogP contribution in [-0.2, 0) is 26.4 Å². The highest BCUT2D eigenvalue weighted by Crippen LogP contribution is 2.39. The van der Waals surface area contributed by atoms with Crippen molar-refractivity contribution < 1.29 is 0 Å². The fraction of sp³-hybridized carbons (Fsp3) is 0.667. The molecule has 0 amide bonds. The monoisotopic (exact) mass is 381 g/mol. The SMILES string of the molecule is CN(C)c1nc2c(c(N3CC[C@H]4[C@@H]3CCN4Cc3cncn3C)n1)CCCC2. The molecule has 28 heavy (non-hydrogen) atoms. The summed E-state index contributed by atoms with van der Waals surface area (Å²) in [6, 6.07) is 1.19. The maximum Gasteiger partial charge on any atom is 0.227 e. The van der Waals surface area contributed by atoms with Crippen molar-refractivity contribution in [3.05, 3.63) is 29.5 Å². The van der Waals surface area contributed by atoms with Crippen molar-refractivity contribution in [2.45, 2.75) is 57.2 Å². The van der Waals surface area contributed by atoms with Crippen molar-refractivity contribution in [3.8, 4) is 0 Å². The number of aryl methyl sites for hydroxylation is 2. The molecule has 0 aromatic carbocycles. The van der Waals surface area contributed by atoms with E-state index >= 15 is 0 Å². The normalized spacial score (nSPS) is 24.5. The maximum atomic E-state index is 5.05. The van der Waals surface area contributed by atoms with Gasteiger partial charge in [-0.3, -0.25) is 4.90 Å². The van der Waals surface area contributed by atoms with Gasteiger partial charge in [0, 0.05) is 64.6 Å². The molecule has 4 heterocycles. The van der Waals surface area contributed by atoms with Gasteiger partial charge in [-0.15, -0.1) is 0 Å². The third kappa shape index (κ3) is 2.96. The smallest absolute Gasteiger partial charge is 0.227 e. The van der Waals surface area contributed by atoms with Crippen LogP contribution in [0.25, 0.3) is 0 Å². The van der Waals surface area contributed by atoms with Crippen LogP contribution in [0.2, 0.25) is 0 Å². The molecule has 0 radical (unpaired) electrons. The summed E-state index contributed by atoms with van der Waals surface area (Å²) in [4.78, 5) is 21.5. The Balaban J connectivity index is 1.42. The van der Waals surface area contributed by atoms with Gasteiger partial charge in [0.05, 0.1) is 17.7 Å². The highest BCUT2D eigenvalue weighted by atomic mass is 15.4. The summed E-state index contributed by atoms with van der Waals surface area (Å²) in [7, 11) is 6.19. The van der Waals surface area contributed by atoms with Gasteiger partial charge in [0.2, 0.25) is 5.95 Å². The first kappa shape index (κ1) is 17.9. The van der Waals surface area contributed by atoms with E-state index < -0.39 is 0 Å². The van der Waals surface area contributed by atoms with Gasteiger partial charge in [-0.05, 0) is 38.5 Å². The Labute approximate surface area is 167 Å². The lowest BCUT2D eigenvalue weighted by Gasteiger charge is -2.30. The lowest BCUT2D eigenvalue weighted by molar-refractivity contribution is 0.240. The highest BCUT2D eigenvalue weighted by Gasteiger charge is 2.44. The largest absolute Gasteiger partial charge is 0.352 e. The Morgan fingerprint density at radius 1 is 1.07 bits per heavy atom. The molecule has 2 aromatic rings. The predicted molar refractivity (Wildman–Crippen MR) is 111 cm³/mol. The molecule has 7 heteroatoms. The highest BCUT2D eigenvalue weighted by molar-refractivity contribution is 5.56. The number of anilines is 2. The number of nitrogens with zero attached hydrogens (tertiary/aromatic N) is 7. The Morgan fingerprint density at radius 3 is 2.68 bits per heavy atom. The van der Waals surface area contributed by atoms with Gasteiger partial charge >= 0.3 is 0 Å². The Morgan fingerprint density at radius 2 is 1.89 bits per heavy atom. The number of aromatic nitrogens is 4. The second-order valence-electron chi connectivity index (χ2n) is 8.75. The van der Waals surface area contributed by atoms with Crippen LogP contribution in [0.1, 0.15) is 42.6 Å². The fourth-order valence-electron chi connectivity index (χ4n) is 5.28. The molecule has 2 aromatic heterocycles. The Hall–Kier alpha value is -2.15. The van der Waals surface area contributed by atoms with E-state index in [2.05, 4.69) is 31.3 Å². The standard InChI is InChI=1S/C21H31N7/c1-25(2)21-23-17-7-5-4-6-16(17)20(24-21)28-11-9-18-19(28)8-10-27(18)13-15-12-22-14-26(15)3/h12,14,18-19H,4-11,13H2,1-3H3/t18-,19-/m0/s1. The van der Waals surface area contributed by atoms with Crippen LogP contribution in [-0.4, -0.2) is 63.7 Å². The minimum atomic E-state index is 0.573. The van der Waals surface area contributed by atoms with Crippen LogP contribution in [0.3, 0.4) is 0 Å². The number of fused-ring (bicyclic) bond motifs is 2. The molecule has 0 bridgehead atoms. The number of rotatable bonds is 4. The average molecular weight is 382 g/mol. The van der Waals surface area contributed by atoms with Crippen molar-refractivity contribution in [1.29, 1.82) is 0 Å². The topological polar surface area (TPSA) is 53.3 Å². The zero-order valence-corrected chi connectivity index (χ0v) is 17.3. The minimum absolute atomic E-state index is 0.573. The zero-order chi connectivity index (χ0) is 19.3. The van der Waals surface area contributed by atoms with Crippen molar-refractivity contribution in [1.82, 2.24) is 24.4 Å². The van der Waals surface area contributed by atoms with Gasteiger partial charge in [-0.2, -0.15) is 4.98 Å². The summed E-state index contributed by atoms with van der Waals surface area (Å²) in [5.74, 6) is 2.09. The van der Waals surface area contributed by atoms with Crippen LogP contribution in [0, 0.1) is 0 Å². The van der Waals surface area contributed by atoms with Gasteiger partial charge in [-0.1, -0.05) is 0 Å². The van der Waals surface area contributed by atoms with Crippen molar-refractivity contribution >= 4 is 11.8 Å². The summed E-state index contributed by atoms with van der Waals surface area (Å²) in [5, 5.41) is 0. The predicted octanol–water partition coefficient (Wildman–Crippen LogP) is 2.01. The maximum absolute atomic E-state index is 5.05. The molecule has 2 saturated heterocycles. The molecule has 150 valence electrons. The van der Waals surface area contributed by atoms with Crippen molar-refractivity contribution in [2.75, 3.05) is 37.0 Å². The second kappa shape index (κ2) is 7.03. The molecule has 0 N–H and O–H groups in total. The van der Waals surface area contributed by atoms with E-state index in [-0.39, 0.29) is 0 Å². The number of imidazole rings is 1. The van der Waals surface area contributed by atoms with Crippen LogP contribution in [0.5, 0.6) is 0 Å². The summed E-state index contributed by atoms with van der Waals surface area (Å²) in [6.45, 7) is 3.26. The molecule has 2 aliphatic heterocycles. The van der Waals surface area contributed by atoms with Crippen LogP contribution < -0.4 is 9.80 Å². The van der Waals surface area contributed by atoms with Gasteiger partial charge in [0.1, 0.15) is 5.82 Å². The molecular formula is C21H31N7. The third-order valence-electron chi connectivity index (χ3n) is 6.79. The zero-order valence-electron chi connectivity index (χ0n) is 17.3. The number of hydrogen-bond acceptors (Lipinski definition) is 6. The summed E-state index contributed by atoms with van der Waals surface area (Å²) in [6.07, 6.45) is 11.1. The molecule has 5 rings (SSSR count). The van der Waals surface area contributed by atoms with E-state index in [0.29, 0.717) is 12.1 Å². The molecule has 2 fully saturated rings. The van der Waals surface area contributed by atoms with Gasteiger partial charge < -0.3 is 14.4 Å². The van der Waals surface area contributed by atoms with E-state index in [1.807, 2.05) is 26.6 Å². The van der Waals surface area contributed by atoms with Crippen molar-refractivity contribution in [3.63, 3.8) is 0 Å². The van der Waals surface area contributed by atoms with Crippen molar-refractivity contribution in [2.24, 2.45) is 7.05 Å². The number of hydrogen-bond donors (Lipinski definition) is 0. The molecule has 0 saturated carbocycles. The third-order valence-corrected chi connectivity index (χ3v) is 6.79. The molecule has 0 unspecified atom stereocenters. The first-order valence-electron chi connectivity index (χ1n) is 10.6. The van der Waals surface area contributed by atoms with Crippen LogP contribution >= 0.6 is 0 Å². The first-order chi connectivity index (χ1) is 13.6. The average Bonchev–Trinajstić information content (AvgIpc) is 3.39. The Bertz CT molecular complexity index is 858. The summed E-state index contributed by atoms with van der Waals surface area (Å²) >= 11 is 0. The number of likely N-dealkylation sites (tertiary alicyclic amines) is 1. The van der Waals surface area contributed by atoms with E-state index in [1.165, 1.54) is 48.5 Å². The van der Waals surface area contributed by atoms with E-state index in [1.54, 1.807) is 0 Å².